The van der Waals surface area contributed by atoms with Crippen molar-refractivity contribution in [2.24, 2.45) is 0 Å². The van der Waals surface area contributed by atoms with Gasteiger partial charge in [0.05, 0.1) is 28.6 Å². The van der Waals surface area contributed by atoms with Gasteiger partial charge >= 0.3 is 0 Å². The molecule has 2 heterocycles. The van der Waals surface area contributed by atoms with Crippen molar-refractivity contribution in [1.82, 2.24) is 9.97 Å². The van der Waals surface area contributed by atoms with E-state index in [1.54, 1.807) is 24.2 Å². The lowest BCUT2D eigenvalue weighted by Crippen LogP contribution is -2.42. The topological polar surface area (TPSA) is 69.2 Å². The Morgan fingerprint density at radius 1 is 1.30 bits per heavy atom. The highest BCUT2D eigenvalue weighted by Gasteiger charge is 2.35. The van der Waals surface area contributed by atoms with Gasteiger partial charge < -0.3 is 15.0 Å². The maximum Gasteiger partial charge on any atom is 0.258 e. The summed E-state index contributed by atoms with van der Waals surface area (Å²) in [5.74, 6) is -0.0653. The van der Waals surface area contributed by atoms with E-state index in [0.29, 0.717) is 18.5 Å². The van der Waals surface area contributed by atoms with Gasteiger partial charge in [-0.25, -0.2) is 4.98 Å². The highest BCUT2D eigenvalue weighted by Crippen LogP contribution is 2.38. The van der Waals surface area contributed by atoms with Crippen LogP contribution < -0.4 is 4.90 Å². The first kappa shape index (κ1) is 14.0. The van der Waals surface area contributed by atoms with Crippen LogP contribution in [0.2, 0.25) is 0 Å². The van der Waals surface area contributed by atoms with E-state index in [1.165, 1.54) is 0 Å². The fourth-order valence-corrected chi connectivity index (χ4v) is 3.18. The van der Waals surface area contributed by atoms with Crippen LogP contribution >= 0.6 is 0 Å². The minimum absolute atomic E-state index is 0.0653. The molecule has 0 aliphatic carbocycles. The average molecular weight is 307 g/mol. The van der Waals surface area contributed by atoms with Crippen LogP contribution in [-0.4, -0.2) is 27.5 Å². The van der Waals surface area contributed by atoms with Crippen molar-refractivity contribution in [1.29, 1.82) is 0 Å². The molecule has 1 amide bonds. The van der Waals surface area contributed by atoms with Crippen LogP contribution in [0.3, 0.4) is 0 Å². The fourth-order valence-electron chi connectivity index (χ4n) is 3.18. The second kappa shape index (κ2) is 4.93. The number of aliphatic hydroxyl groups is 1. The number of imidazole rings is 1. The van der Waals surface area contributed by atoms with Crippen LogP contribution in [-0.2, 0) is 5.60 Å². The Kier molecular flexibility index (Phi) is 2.99. The molecule has 0 bridgehead atoms. The molecule has 1 aromatic heterocycles. The minimum atomic E-state index is -0.902. The molecule has 3 aromatic rings. The number of amides is 1. The van der Waals surface area contributed by atoms with Gasteiger partial charge in [-0.1, -0.05) is 18.2 Å². The Bertz CT molecular complexity index is 898. The quantitative estimate of drug-likeness (QED) is 0.726. The molecule has 2 aromatic carbocycles. The minimum Gasteiger partial charge on any atom is -0.385 e. The third-order valence-electron chi connectivity index (χ3n) is 4.51. The van der Waals surface area contributed by atoms with Crippen molar-refractivity contribution >= 4 is 22.6 Å². The molecule has 0 saturated heterocycles. The SMILES string of the molecule is CC1(O)CCN(C(=O)c2ccc3nc[nH]c3c2)c2ccccc21. The van der Waals surface area contributed by atoms with Crippen LogP contribution in [0.15, 0.2) is 48.8 Å². The Hall–Kier alpha value is -2.66. The van der Waals surface area contributed by atoms with E-state index in [1.807, 2.05) is 36.4 Å². The summed E-state index contributed by atoms with van der Waals surface area (Å²) in [6.45, 7) is 2.29. The highest BCUT2D eigenvalue weighted by atomic mass is 16.3. The second-order valence-corrected chi connectivity index (χ2v) is 6.13. The third kappa shape index (κ3) is 2.21. The molecule has 0 spiro atoms. The monoisotopic (exact) mass is 307 g/mol. The average Bonchev–Trinajstić information content (AvgIpc) is 3.02. The van der Waals surface area contributed by atoms with Gasteiger partial charge in [-0.15, -0.1) is 0 Å². The second-order valence-electron chi connectivity index (χ2n) is 6.13. The lowest BCUT2D eigenvalue weighted by molar-refractivity contribution is 0.0450. The Labute approximate surface area is 133 Å². The lowest BCUT2D eigenvalue weighted by atomic mass is 9.87. The highest BCUT2D eigenvalue weighted by molar-refractivity contribution is 6.08. The van der Waals surface area contributed by atoms with Gasteiger partial charge in [-0.2, -0.15) is 0 Å². The molecule has 5 nitrogen and oxygen atoms in total. The molecule has 0 fully saturated rings. The number of aromatic nitrogens is 2. The molecule has 1 aliphatic rings. The zero-order chi connectivity index (χ0) is 16.0. The van der Waals surface area contributed by atoms with Crippen molar-refractivity contribution < 1.29 is 9.90 Å². The molecule has 0 radical (unpaired) electrons. The summed E-state index contributed by atoms with van der Waals surface area (Å²) in [7, 11) is 0. The number of hydrogen-bond donors (Lipinski definition) is 2. The zero-order valence-electron chi connectivity index (χ0n) is 12.8. The molecular weight excluding hydrogens is 290 g/mol. The largest absolute Gasteiger partial charge is 0.385 e. The zero-order valence-corrected chi connectivity index (χ0v) is 12.8. The number of anilines is 1. The summed E-state index contributed by atoms with van der Waals surface area (Å²) in [4.78, 5) is 21.9. The van der Waals surface area contributed by atoms with Crippen LogP contribution in [0.1, 0.15) is 29.3 Å². The van der Waals surface area contributed by atoms with Crippen molar-refractivity contribution in [3.63, 3.8) is 0 Å². The van der Waals surface area contributed by atoms with Gasteiger partial charge in [0.1, 0.15) is 0 Å². The molecular formula is C18H17N3O2. The van der Waals surface area contributed by atoms with E-state index in [9.17, 15) is 9.90 Å². The van der Waals surface area contributed by atoms with Crippen molar-refractivity contribution in [3.8, 4) is 0 Å². The molecule has 5 heteroatoms. The van der Waals surface area contributed by atoms with E-state index in [0.717, 1.165) is 22.3 Å². The molecule has 23 heavy (non-hydrogen) atoms. The van der Waals surface area contributed by atoms with Gasteiger partial charge in [0, 0.05) is 17.7 Å². The first-order chi connectivity index (χ1) is 11.1. The maximum atomic E-state index is 12.9. The third-order valence-corrected chi connectivity index (χ3v) is 4.51. The standard InChI is InChI=1S/C18H17N3O2/c1-18(23)8-9-21(16-5-3-2-4-13(16)18)17(22)12-6-7-14-15(10-12)20-11-19-14/h2-7,10-11,23H,8-9H2,1H3,(H,19,20). The molecule has 0 saturated carbocycles. The van der Waals surface area contributed by atoms with E-state index in [-0.39, 0.29) is 5.91 Å². The van der Waals surface area contributed by atoms with Gasteiger partial charge in [-0.3, -0.25) is 4.79 Å². The van der Waals surface area contributed by atoms with Gasteiger partial charge in [0.15, 0.2) is 0 Å². The number of benzene rings is 2. The molecule has 2 N–H and O–H groups in total. The summed E-state index contributed by atoms with van der Waals surface area (Å²) in [5, 5.41) is 10.6. The Balaban J connectivity index is 1.76. The first-order valence-electron chi connectivity index (χ1n) is 7.63. The Morgan fingerprint density at radius 3 is 3.00 bits per heavy atom. The number of nitrogens with one attached hydrogen (secondary N) is 1. The number of carbonyl (C=O) groups is 1. The summed E-state index contributed by atoms with van der Waals surface area (Å²) >= 11 is 0. The van der Waals surface area contributed by atoms with Crippen LogP contribution in [0.5, 0.6) is 0 Å². The fraction of sp³-hybridized carbons (Fsp3) is 0.222. The molecule has 1 unspecified atom stereocenters. The molecule has 4 rings (SSSR count). The van der Waals surface area contributed by atoms with E-state index in [2.05, 4.69) is 9.97 Å². The van der Waals surface area contributed by atoms with Crippen LogP contribution in [0.4, 0.5) is 5.69 Å². The van der Waals surface area contributed by atoms with Gasteiger partial charge in [0.25, 0.3) is 5.91 Å². The molecule has 116 valence electrons. The number of para-hydroxylation sites is 1. The number of aromatic amines is 1. The normalized spacial score (nSPS) is 20.5. The van der Waals surface area contributed by atoms with Crippen LogP contribution in [0, 0.1) is 0 Å². The maximum absolute atomic E-state index is 12.9. The number of H-pyrrole nitrogens is 1. The number of carbonyl (C=O) groups excluding carboxylic acids is 1. The first-order valence-corrected chi connectivity index (χ1v) is 7.63. The predicted molar refractivity (Wildman–Crippen MR) is 88.4 cm³/mol. The van der Waals surface area contributed by atoms with E-state index in [4.69, 9.17) is 0 Å². The number of nitrogens with zero attached hydrogens (tertiary/aromatic N) is 2. The van der Waals surface area contributed by atoms with E-state index < -0.39 is 5.60 Å². The number of hydrogen-bond acceptors (Lipinski definition) is 3. The van der Waals surface area contributed by atoms with Gasteiger partial charge in [0.2, 0.25) is 0 Å². The van der Waals surface area contributed by atoms with E-state index >= 15 is 0 Å². The van der Waals surface area contributed by atoms with Crippen molar-refractivity contribution in [2.75, 3.05) is 11.4 Å². The molecule has 1 atom stereocenters. The van der Waals surface area contributed by atoms with Crippen molar-refractivity contribution in [2.45, 2.75) is 18.9 Å². The summed E-state index contributed by atoms with van der Waals surface area (Å²) < 4.78 is 0. The van der Waals surface area contributed by atoms with Crippen molar-refractivity contribution in [3.05, 3.63) is 59.9 Å². The number of rotatable bonds is 1. The lowest BCUT2D eigenvalue weighted by Gasteiger charge is -2.38. The molecule has 1 aliphatic heterocycles. The Morgan fingerprint density at radius 2 is 2.13 bits per heavy atom. The summed E-state index contributed by atoms with van der Waals surface area (Å²) in [6.07, 6.45) is 2.13. The predicted octanol–water partition coefficient (Wildman–Crippen LogP) is 2.82. The smallest absolute Gasteiger partial charge is 0.258 e. The van der Waals surface area contributed by atoms with Crippen LogP contribution in [0.25, 0.3) is 11.0 Å². The number of fused-ring (bicyclic) bond motifs is 2. The summed E-state index contributed by atoms with van der Waals surface area (Å²) in [5.41, 5.74) is 2.95. The summed E-state index contributed by atoms with van der Waals surface area (Å²) in [6, 6.07) is 13.0. The van der Waals surface area contributed by atoms with Gasteiger partial charge in [-0.05, 0) is 37.6 Å².